The molecule has 0 bridgehead atoms. The van der Waals surface area contributed by atoms with Crippen molar-refractivity contribution in [1.29, 1.82) is 0 Å². The normalized spacial score (nSPS) is 15.7. The van der Waals surface area contributed by atoms with E-state index in [-0.39, 0.29) is 12.5 Å². The van der Waals surface area contributed by atoms with Crippen molar-refractivity contribution in [2.24, 2.45) is 0 Å². The molecule has 0 saturated carbocycles. The van der Waals surface area contributed by atoms with E-state index < -0.39 is 11.8 Å². The molecule has 0 N–H and O–H groups in total. The molecule has 138 valence electrons. The summed E-state index contributed by atoms with van der Waals surface area (Å²) in [5.74, 6) is -1.01. The predicted molar refractivity (Wildman–Crippen MR) is 105 cm³/mol. The summed E-state index contributed by atoms with van der Waals surface area (Å²) in [5, 5.41) is 1.53. The number of rotatable bonds is 2. The van der Waals surface area contributed by atoms with Gasteiger partial charge in [0, 0.05) is 29.6 Å². The number of hydrogen-bond donors (Lipinski definition) is 0. The zero-order chi connectivity index (χ0) is 19.3. The van der Waals surface area contributed by atoms with E-state index in [2.05, 4.69) is 6.07 Å². The molecule has 2 aliphatic heterocycles. The summed E-state index contributed by atoms with van der Waals surface area (Å²) < 4.78 is 0. The first-order chi connectivity index (χ1) is 13.6. The van der Waals surface area contributed by atoms with Crippen molar-refractivity contribution in [3.63, 3.8) is 0 Å². The van der Waals surface area contributed by atoms with E-state index in [1.54, 1.807) is 29.2 Å². The Bertz CT molecular complexity index is 1100. The van der Waals surface area contributed by atoms with Crippen LogP contribution in [-0.4, -0.2) is 40.6 Å². The van der Waals surface area contributed by atoms with Crippen LogP contribution < -0.4 is 0 Å². The number of benzene rings is 3. The molecule has 5 heteroatoms. The van der Waals surface area contributed by atoms with Crippen molar-refractivity contribution in [1.82, 2.24) is 9.80 Å². The Balaban J connectivity index is 1.43. The third kappa shape index (κ3) is 2.51. The monoisotopic (exact) mass is 370 g/mol. The van der Waals surface area contributed by atoms with Crippen LogP contribution in [0.15, 0.2) is 60.7 Å². The Kier molecular flexibility index (Phi) is 3.76. The molecule has 0 aromatic heterocycles. The fourth-order valence-electron chi connectivity index (χ4n) is 4.17. The van der Waals surface area contributed by atoms with Gasteiger partial charge in [0.25, 0.3) is 11.8 Å². The Morgan fingerprint density at radius 1 is 0.821 bits per heavy atom. The van der Waals surface area contributed by atoms with Crippen LogP contribution in [0.25, 0.3) is 10.8 Å². The van der Waals surface area contributed by atoms with Gasteiger partial charge in [-0.25, -0.2) is 0 Å². The Morgan fingerprint density at radius 2 is 1.46 bits per heavy atom. The quantitative estimate of drug-likeness (QED) is 0.652. The Hall–Kier alpha value is -3.47. The average molecular weight is 370 g/mol. The molecule has 0 radical (unpaired) electrons. The molecule has 0 saturated heterocycles. The van der Waals surface area contributed by atoms with Gasteiger partial charge < -0.3 is 4.90 Å². The number of imide groups is 1. The third-order valence-corrected chi connectivity index (χ3v) is 5.63. The van der Waals surface area contributed by atoms with E-state index in [1.165, 1.54) is 5.56 Å². The number of fused-ring (bicyclic) bond motifs is 1. The number of nitrogens with zero attached hydrogens (tertiary/aromatic N) is 2. The van der Waals surface area contributed by atoms with Crippen LogP contribution >= 0.6 is 0 Å². The van der Waals surface area contributed by atoms with Crippen LogP contribution in [0, 0.1) is 0 Å². The predicted octanol–water partition coefficient (Wildman–Crippen LogP) is 3.02. The van der Waals surface area contributed by atoms with Crippen LogP contribution in [-0.2, 0) is 17.8 Å². The first-order valence-electron chi connectivity index (χ1n) is 9.36. The molecule has 2 aliphatic rings. The van der Waals surface area contributed by atoms with E-state index in [0.717, 1.165) is 22.3 Å². The van der Waals surface area contributed by atoms with Gasteiger partial charge in [0.05, 0.1) is 0 Å². The van der Waals surface area contributed by atoms with Crippen LogP contribution in [0.4, 0.5) is 0 Å². The number of carbonyl (C=O) groups excluding carboxylic acids is 3. The highest BCUT2D eigenvalue weighted by atomic mass is 16.2. The maximum absolute atomic E-state index is 13.0. The van der Waals surface area contributed by atoms with Gasteiger partial charge in [-0.1, -0.05) is 48.5 Å². The first kappa shape index (κ1) is 16.7. The fourth-order valence-corrected chi connectivity index (χ4v) is 4.17. The summed E-state index contributed by atoms with van der Waals surface area (Å²) in [5.41, 5.74) is 3.32. The Morgan fingerprint density at radius 3 is 2.14 bits per heavy atom. The van der Waals surface area contributed by atoms with Crippen molar-refractivity contribution in [3.8, 4) is 0 Å². The lowest BCUT2D eigenvalue weighted by atomic mass is 9.94. The van der Waals surface area contributed by atoms with Crippen molar-refractivity contribution in [3.05, 3.63) is 82.9 Å². The molecular formula is C23H18N2O3. The summed E-state index contributed by atoms with van der Waals surface area (Å²) in [4.78, 5) is 41.6. The summed E-state index contributed by atoms with van der Waals surface area (Å²) in [6.45, 7) is 0.875. The minimum absolute atomic E-state index is 0.206. The van der Waals surface area contributed by atoms with Crippen molar-refractivity contribution < 1.29 is 14.4 Å². The maximum Gasteiger partial charge on any atom is 0.261 e. The molecule has 0 fully saturated rings. The first-order valence-corrected chi connectivity index (χ1v) is 9.36. The second-order valence-corrected chi connectivity index (χ2v) is 7.24. The SMILES string of the molecule is O=C(CN1C(=O)c2cccc3cccc(c23)C1=O)N1CCc2ccccc2C1. The van der Waals surface area contributed by atoms with E-state index in [1.807, 2.05) is 30.3 Å². The molecule has 5 nitrogen and oxygen atoms in total. The molecular weight excluding hydrogens is 352 g/mol. The van der Waals surface area contributed by atoms with E-state index in [9.17, 15) is 14.4 Å². The van der Waals surface area contributed by atoms with Crippen LogP contribution in [0.2, 0.25) is 0 Å². The molecule has 0 atom stereocenters. The molecule has 3 aromatic rings. The molecule has 3 aromatic carbocycles. The van der Waals surface area contributed by atoms with Crippen molar-refractivity contribution in [2.45, 2.75) is 13.0 Å². The molecule has 0 spiro atoms. The summed E-state index contributed by atoms with van der Waals surface area (Å²) in [6, 6.07) is 18.9. The molecule has 28 heavy (non-hydrogen) atoms. The second-order valence-electron chi connectivity index (χ2n) is 7.24. The minimum Gasteiger partial charge on any atom is -0.336 e. The van der Waals surface area contributed by atoms with E-state index in [4.69, 9.17) is 0 Å². The standard InChI is InChI=1S/C23H18N2O3/c26-20(24-12-11-15-5-1-2-6-17(15)13-24)14-25-22(27)18-9-3-7-16-8-4-10-19(21(16)18)23(25)28/h1-10H,11-14H2. The lowest BCUT2D eigenvalue weighted by Crippen LogP contribution is -2.48. The molecule has 0 unspecified atom stereocenters. The van der Waals surface area contributed by atoms with Gasteiger partial charge in [0.1, 0.15) is 6.54 Å². The minimum atomic E-state index is -0.403. The summed E-state index contributed by atoms with van der Waals surface area (Å²) in [6.07, 6.45) is 0.784. The molecule has 0 aliphatic carbocycles. The lowest BCUT2D eigenvalue weighted by Gasteiger charge is -2.32. The highest BCUT2D eigenvalue weighted by Gasteiger charge is 2.35. The molecule has 5 rings (SSSR count). The van der Waals surface area contributed by atoms with Gasteiger partial charge >= 0.3 is 0 Å². The molecule has 3 amide bonds. The van der Waals surface area contributed by atoms with E-state index in [0.29, 0.717) is 29.6 Å². The van der Waals surface area contributed by atoms with Crippen molar-refractivity contribution >= 4 is 28.5 Å². The smallest absolute Gasteiger partial charge is 0.261 e. The Labute approximate surface area is 162 Å². The van der Waals surface area contributed by atoms with Gasteiger partial charge in [0.15, 0.2) is 0 Å². The highest BCUT2D eigenvalue weighted by Crippen LogP contribution is 2.30. The summed E-state index contributed by atoms with van der Waals surface area (Å²) >= 11 is 0. The zero-order valence-electron chi connectivity index (χ0n) is 15.2. The van der Waals surface area contributed by atoms with Gasteiger partial charge in [-0.05, 0) is 35.1 Å². The van der Waals surface area contributed by atoms with Crippen LogP contribution in [0.5, 0.6) is 0 Å². The zero-order valence-corrected chi connectivity index (χ0v) is 15.2. The van der Waals surface area contributed by atoms with Crippen LogP contribution in [0.1, 0.15) is 31.8 Å². The van der Waals surface area contributed by atoms with Crippen LogP contribution in [0.3, 0.4) is 0 Å². The number of hydrogen-bond acceptors (Lipinski definition) is 3. The highest BCUT2D eigenvalue weighted by molar-refractivity contribution is 6.26. The van der Waals surface area contributed by atoms with Crippen molar-refractivity contribution in [2.75, 3.05) is 13.1 Å². The van der Waals surface area contributed by atoms with Gasteiger partial charge in [-0.3, -0.25) is 19.3 Å². The van der Waals surface area contributed by atoms with Gasteiger partial charge in [-0.15, -0.1) is 0 Å². The number of amides is 3. The second kappa shape index (κ2) is 6.30. The average Bonchev–Trinajstić information content (AvgIpc) is 2.74. The third-order valence-electron chi connectivity index (χ3n) is 5.63. The lowest BCUT2D eigenvalue weighted by molar-refractivity contribution is -0.132. The van der Waals surface area contributed by atoms with E-state index >= 15 is 0 Å². The topological polar surface area (TPSA) is 57.7 Å². The summed E-state index contributed by atoms with van der Waals surface area (Å²) in [7, 11) is 0. The fraction of sp³-hybridized carbons (Fsp3) is 0.174. The maximum atomic E-state index is 13.0. The molecule has 2 heterocycles. The van der Waals surface area contributed by atoms with Gasteiger partial charge in [0.2, 0.25) is 5.91 Å². The van der Waals surface area contributed by atoms with Gasteiger partial charge in [-0.2, -0.15) is 0 Å². The largest absolute Gasteiger partial charge is 0.336 e. The number of carbonyl (C=O) groups is 3.